The first-order valence-electron chi connectivity index (χ1n) is 9.50. The zero-order valence-electron chi connectivity index (χ0n) is 15.3. The molecule has 0 spiro atoms. The van der Waals surface area contributed by atoms with Gasteiger partial charge in [0.2, 0.25) is 11.8 Å². The van der Waals surface area contributed by atoms with Crippen LogP contribution in [0.4, 0.5) is 0 Å². The van der Waals surface area contributed by atoms with E-state index in [2.05, 4.69) is 5.32 Å². The molecular weight excluding hydrogens is 348 g/mol. The minimum atomic E-state index is -0.861. The third kappa shape index (κ3) is 5.07. The molecule has 3 rings (SSSR count). The Morgan fingerprint density at radius 2 is 2.04 bits per heavy atom. The minimum Gasteiger partial charge on any atom is -0.481 e. The molecule has 2 N–H and O–H groups in total. The van der Waals surface area contributed by atoms with Gasteiger partial charge in [0.05, 0.1) is 18.6 Å². The van der Waals surface area contributed by atoms with E-state index in [9.17, 15) is 14.4 Å². The zero-order chi connectivity index (χ0) is 19.2. The summed E-state index contributed by atoms with van der Waals surface area (Å²) in [6, 6.07) is 9.16. The highest BCUT2D eigenvalue weighted by atomic mass is 16.5. The van der Waals surface area contributed by atoms with Crippen LogP contribution in [0, 0.1) is 5.92 Å². The fourth-order valence-corrected chi connectivity index (χ4v) is 3.78. The molecule has 1 aromatic rings. The van der Waals surface area contributed by atoms with Crippen LogP contribution in [0.3, 0.4) is 0 Å². The van der Waals surface area contributed by atoms with E-state index in [-0.39, 0.29) is 30.3 Å². The lowest BCUT2D eigenvalue weighted by Gasteiger charge is -2.30. The Bertz CT molecular complexity index is 678. The summed E-state index contributed by atoms with van der Waals surface area (Å²) >= 11 is 0. The van der Waals surface area contributed by atoms with Gasteiger partial charge in [0.25, 0.3) is 0 Å². The third-order valence-corrected chi connectivity index (χ3v) is 5.22. The molecule has 0 saturated carbocycles. The monoisotopic (exact) mass is 374 g/mol. The van der Waals surface area contributed by atoms with E-state index >= 15 is 0 Å². The fourth-order valence-electron chi connectivity index (χ4n) is 3.78. The molecule has 2 aliphatic rings. The number of benzene rings is 1. The smallest absolute Gasteiger partial charge is 0.303 e. The maximum absolute atomic E-state index is 13.1. The Morgan fingerprint density at radius 3 is 2.78 bits per heavy atom. The summed E-state index contributed by atoms with van der Waals surface area (Å²) in [4.78, 5) is 38.2. The van der Waals surface area contributed by atoms with Crippen molar-refractivity contribution in [3.05, 3.63) is 35.9 Å². The van der Waals surface area contributed by atoms with Crippen LogP contribution in [0.2, 0.25) is 0 Å². The van der Waals surface area contributed by atoms with Gasteiger partial charge in [0.15, 0.2) is 0 Å². The van der Waals surface area contributed by atoms with E-state index < -0.39 is 12.0 Å². The molecule has 0 radical (unpaired) electrons. The summed E-state index contributed by atoms with van der Waals surface area (Å²) in [5.41, 5.74) is 1.01. The number of carboxylic acids is 1. The van der Waals surface area contributed by atoms with Gasteiger partial charge in [-0.3, -0.25) is 14.4 Å². The molecule has 0 aromatic heterocycles. The number of rotatable bonds is 6. The molecule has 2 aliphatic heterocycles. The number of nitrogens with zero attached hydrogens (tertiary/aromatic N) is 1. The van der Waals surface area contributed by atoms with Gasteiger partial charge < -0.3 is 20.1 Å². The Balaban J connectivity index is 1.68. The molecule has 146 valence electrons. The van der Waals surface area contributed by atoms with Gasteiger partial charge in [0, 0.05) is 25.9 Å². The largest absolute Gasteiger partial charge is 0.481 e. The standard InChI is InChI=1S/C20H26N2O5/c23-18(24)8-7-16-12-15(13-27-16)20(26)22-10-4-9-21-19(25)17(22)11-14-5-2-1-3-6-14/h1-3,5-6,15-17H,4,7-13H2,(H,21,25)(H,23,24). The predicted molar refractivity (Wildman–Crippen MR) is 98.0 cm³/mol. The number of hydrogen-bond acceptors (Lipinski definition) is 4. The lowest BCUT2D eigenvalue weighted by atomic mass is 9.98. The van der Waals surface area contributed by atoms with Crippen molar-refractivity contribution in [1.82, 2.24) is 10.2 Å². The molecule has 2 heterocycles. The molecule has 27 heavy (non-hydrogen) atoms. The molecule has 3 unspecified atom stereocenters. The van der Waals surface area contributed by atoms with Crippen molar-refractivity contribution in [3.8, 4) is 0 Å². The number of carbonyl (C=O) groups is 3. The number of carboxylic acid groups (broad SMARTS) is 1. The summed E-state index contributed by atoms with van der Waals surface area (Å²) in [6.07, 6.45) is 1.96. The van der Waals surface area contributed by atoms with Crippen molar-refractivity contribution in [2.45, 2.75) is 44.2 Å². The van der Waals surface area contributed by atoms with E-state index in [4.69, 9.17) is 9.84 Å². The minimum absolute atomic E-state index is 0.0360. The van der Waals surface area contributed by atoms with Crippen molar-refractivity contribution in [2.75, 3.05) is 19.7 Å². The molecule has 7 heteroatoms. The third-order valence-electron chi connectivity index (χ3n) is 5.22. The number of nitrogens with one attached hydrogen (secondary N) is 1. The van der Waals surface area contributed by atoms with Crippen LogP contribution in [-0.2, 0) is 25.5 Å². The summed E-state index contributed by atoms with van der Waals surface area (Å²) in [5.74, 6) is -1.36. The van der Waals surface area contributed by atoms with Gasteiger partial charge in [-0.15, -0.1) is 0 Å². The highest BCUT2D eigenvalue weighted by molar-refractivity contribution is 5.89. The van der Waals surface area contributed by atoms with Crippen molar-refractivity contribution in [3.63, 3.8) is 0 Å². The second-order valence-electron chi connectivity index (χ2n) is 7.20. The molecule has 0 aliphatic carbocycles. The Labute approximate surface area is 158 Å². The van der Waals surface area contributed by atoms with Crippen molar-refractivity contribution in [1.29, 1.82) is 0 Å². The Kier molecular flexibility index (Phi) is 6.45. The van der Waals surface area contributed by atoms with Gasteiger partial charge in [-0.05, 0) is 24.8 Å². The highest BCUT2D eigenvalue weighted by Gasteiger charge is 2.38. The number of carbonyl (C=O) groups excluding carboxylic acids is 2. The van der Waals surface area contributed by atoms with Crippen LogP contribution in [0.15, 0.2) is 30.3 Å². The zero-order valence-corrected chi connectivity index (χ0v) is 15.3. The van der Waals surface area contributed by atoms with Crippen molar-refractivity contribution in [2.24, 2.45) is 5.92 Å². The second-order valence-corrected chi connectivity index (χ2v) is 7.20. The molecular formula is C20H26N2O5. The molecule has 2 amide bonds. The van der Waals surface area contributed by atoms with E-state index in [0.29, 0.717) is 39.0 Å². The first-order chi connectivity index (χ1) is 13.0. The Hall–Kier alpha value is -2.41. The average Bonchev–Trinajstić information content (AvgIpc) is 3.07. The maximum Gasteiger partial charge on any atom is 0.303 e. The number of aliphatic carboxylic acids is 1. The number of amides is 2. The van der Waals surface area contributed by atoms with Gasteiger partial charge in [-0.1, -0.05) is 30.3 Å². The second kappa shape index (κ2) is 8.99. The average molecular weight is 374 g/mol. The topological polar surface area (TPSA) is 95.9 Å². The van der Waals surface area contributed by atoms with E-state index in [1.807, 2.05) is 30.3 Å². The fraction of sp³-hybridized carbons (Fsp3) is 0.550. The van der Waals surface area contributed by atoms with Gasteiger partial charge in [-0.2, -0.15) is 0 Å². The predicted octanol–water partition coefficient (Wildman–Crippen LogP) is 1.22. The lowest BCUT2D eigenvalue weighted by molar-refractivity contribution is -0.142. The first-order valence-corrected chi connectivity index (χ1v) is 9.50. The van der Waals surface area contributed by atoms with E-state index in [0.717, 1.165) is 12.0 Å². The normalized spacial score (nSPS) is 25.7. The lowest BCUT2D eigenvalue weighted by Crippen LogP contribution is -2.50. The van der Waals surface area contributed by atoms with Gasteiger partial charge in [0.1, 0.15) is 6.04 Å². The molecule has 1 aromatic carbocycles. The van der Waals surface area contributed by atoms with Crippen LogP contribution in [0.25, 0.3) is 0 Å². The van der Waals surface area contributed by atoms with E-state index in [1.165, 1.54) is 0 Å². The summed E-state index contributed by atoms with van der Waals surface area (Å²) in [5, 5.41) is 11.7. The van der Waals surface area contributed by atoms with Crippen molar-refractivity contribution >= 4 is 17.8 Å². The van der Waals surface area contributed by atoms with Crippen LogP contribution >= 0.6 is 0 Å². The SMILES string of the molecule is O=C(O)CCC1CC(C(=O)N2CCCNC(=O)C2Cc2ccccc2)CO1. The van der Waals surface area contributed by atoms with E-state index in [1.54, 1.807) is 4.90 Å². The number of ether oxygens (including phenoxy) is 1. The van der Waals surface area contributed by atoms with Crippen LogP contribution in [0.5, 0.6) is 0 Å². The molecule has 7 nitrogen and oxygen atoms in total. The highest BCUT2D eigenvalue weighted by Crippen LogP contribution is 2.26. The molecule has 2 fully saturated rings. The van der Waals surface area contributed by atoms with Crippen LogP contribution < -0.4 is 5.32 Å². The maximum atomic E-state index is 13.1. The van der Waals surface area contributed by atoms with Crippen LogP contribution in [-0.4, -0.2) is 59.6 Å². The summed E-state index contributed by atoms with van der Waals surface area (Å²) in [6.45, 7) is 1.39. The molecule has 0 bridgehead atoms. The Morgan fingerprint density at radius 1 is 1.26 bits per heavy atom. The molecule has 2 saturated heterocycles. The van der Waals surface area contributed by atoms with Crippen LogP contribution in [0.1, 0.15) is 31.2 Å². The summed E-state index contributed by atoms with van der Waals surface area (Å²) in [7, 11) is 0. The molecule has 3 atom stereocenters. The first kappa shape index (κ1) is 19.4. The van der Waals surface area contributed by atoms with Crippen molar-refractivity contribution < 1.29 is 24.2 Å². The quantitative estimate of drug-likeness (QED) is 0.780. The number of hydrogen-bond donors (Lipinski definition) is 2. The van der Waals surface area contributed by atoms with Gasteiger partial charge >= 0.3 is 5.97 Å². The summed E-state index contributed by atoms with van der Waals surface area (Å²) < 4.78 is 5.63. The van der Waals surface area contributed by atoms with Gasteiger partial charge in [-0.25, -0.2) is 0 Å².